The summed E-state index contributed by atoms with van der Waals surface area (Å²) in [5.74, 6) is 0.838. The van der Waals surface area contributed by atoms with Crippen molar-refractivity contribution in [3.8, 4) is 5.75 Å². The van der Waals surface area contributed by atoms with Gasteiger partial charge in [0.05, 0.1) is 5.69 Å². The maximum atomic E-state index is 6.16. The zero-order valence-corrected chi connectivity index (χ0v) is 19.8. The van der Waals surface area contributed by atoms with Crippen LogP contribution in [0.15, 0.2) is 78.9 Å². The van der Waals surface area contributed by atoms with Crippen LogP contribution in [0.2, 0.25) is 5.02 Å². The lowest BCUT2D eigenvalue weighted by atomic mass is 10.1. The first kappa shape index (κ1) is 22.0. The molecule has 4 nitrogen and oxygen atoms in total. The van der Waals surface area contributed by atoms with E-state index in [0.717, 1.165) is 50.0 Å². The highest BCUT2D eigenvalue weighted by molar-refractivity contribution is 6.30. The van der Waals surface area contributed by atoms with Gasteiger partial charge in [-0.2, -0.15) is 0 Å². The molecule has 1 aromatic heterocycles. The number of halogens is 1. The second-order valence-electron chi connectivity index (χ2n) is 8.78. The quantitative estimate of drug-likeness (QED) is 0.352. The van der Waals surface area contributed by atoms with E-state index in [9.17, 15) is 0 Å². The molecule has 0 unspecified atom stereocenters. The van der Waals surface area contributed by atoms with Gasteiger partial charge in [-0.05, 0) is 41.5 Å². The third kappa shape index (κ3) is 5.09. The van der Waals surface area contributed by atoms with Gasteiger partial charge in [0.25, 0.3) is 0 Å². The van der Waals surface area contributed by atoms with Crippen LogP contribution in [0, 0.1) is 0 Å². The number of nitrogens with zero attached hydrogens (tertiary/aromatic N) is 3. The van der Waals surface area contributed by atoms with Crippen molar-refractivity contribution < 1.29 is 4.74 Å². The highest BCUT2D eigenvalue weighted by Crippen LogP contribution is 2.28. The first-order valence-electron chi connectivity index (χ1n) is 11.6. The van der Waals surface area contributed by atoms with Crippen LogP contribution >= 0.6 is 11.6 Å². The summed E-state index contributed by atoms with van der Waals surface area (Å²) in [5, 5.41) is 2.04. The van der Waals surface area contributed by atoms with Gasteiger partial charge in [0.2, 0.25) is 0 Å². The van der Waals surface area contributed by atoms with Crippen molar-refractivity contribution in [2.75, 3.05) is 26.2 Å². The highest BCUT2D eigenvalue weighted by atomic mass is 35.5. The summed E-state index contributed by atoms with van der Waals surface area (Å²) in [6.45, 7) is 6.85. The molecule has 1 saturated heterocycles. The maximum absolute atomic E-state index is 6.16. The van der Waals surface area contributed by atoms with Crippen LogP contribution in [0.25, 0.3) is 10.9 Å². The first-order chi connectivity index (χ1) is 16.2. The Balaban J connectivity index is 1.30. The minimum absolute atomic E-state index is 0.538. The zero-order valence-electron chi connectivity index (χ0n) is 19.1. The van der Waals surface area contributed by atoms with Crippen molar-refractivity contribution in [1.29, 1.82) is 0 Å². The van der Waals surface area contributed by atoms with Crippen molar-refractivity contribution in [2.24, 2.45) is 7.05 Å². The predicted molar refractivity (Wildman–Crippen MR) is 136 cm³/mol. The lowest BCUT2D eigenvalue weighted by molar-refractivity contribution is 0.121. The van der Waals surface area contributed by atoms with Crippen molar-refractivity contribution in [1.82, 2.24) is 14.4 Å². The number of hydrogen-bond donors (Lipinski definition) is 0. The molecule has 4 aromatic rings. The molecule has 5 rings (SSSR count). The summed E-state index contributed by atoms with van der Waals surface area (Å²) in [4.78, 5) is 5.13. The summed E-state index contributed by atoms with van der Waals surface area (Å²) in [6.07, 6.45) is 0. The lowest BCUT2D eigenvalue weighted by Gasteiger charge is -2.35. The number of para-hydroxylation sites is 1. The van der Waals surface area contributed by atoms with Crippen LogP contribution in [-0.4, -0.2) is 40.5 Å². The van der Waals surface area contributed by atoms with Crippen molar-refractivity contribution in [3.05, 3.63) is 101 Å². The third-order valence-electron chi connectivity index (χ3n) is 6.63. The van der Waals surface area contributed by atoms with Crippen molar-refractivity contribution in [3.63, 3.8) is 0 Å². The Kier molecular flexibility index (Phi) is 6.68. The van der Waals surface area contributed by atoms with E-state index in [4.69, 9.17) is 16.3 Å². The molecule has 5 heteroatoms. The van der Waals surface area contributed by atoms with Crippen molar-refractivity contribution >= 4 is 22.5 Å². The number of piperazine rings is 1. The van der Waals surface area contributed by atoms with E-state index >= 15 is 0 Å². The van der Waals surface area contributed by atoms with E-state index in [1.807, 2.05) is 24.3 Å². The summed E-state index contributed by atoms with van der Waals surface area (Å²) >= 11 is 6.03. The molecule has 0 atom stereocenters. The summed E-state index contributed by atoms with van der Waals surface area (Å²) in [7, 11) is 2.14. The number of benzene rings is 3. The number of hydrogen-bond acceptors (Lipinski definition) is 3. The molecule has 0 saturated carbocycles. The number of rotatable bonds is 7. The van der Waals surface area contributed by atoms with Gasteiger partial charge in [0.1, 0.15) is 12.4 Å². The predicted octanol–water partition coefficient (Wildman–Crippen LogP) is 5.73. The van der Waals surface area contributed by atoms with Gasteiger partial charge in [0, 0.05) is 62.2 Å². The second kappa shape index (κ2) is 10.0. The van der Waals surface area contributed by atoms with E-state index < -0.39 is 0 Å². The summed E-state index contributed by atoms with van der Waals surface area (Å²) < 4.78 is 8.45. The molecule has 0 radical (unpaired) electrons. The van der Waals surface area contributed by atoms with Gasteiger partial charge in [-0.3, -0.25) is 9.80 Å². The molecule has 170 valence electrons. The minimum atomic E-state index is 0.538. The van der Waals surface area contributed by atoms with E-state index in [-0.39, 0.29) is 0 Å². The molecular weight excluding hydrogens is 430 g/mol. The fourth-order valence-electron chi connectivity index (χ4n) is 4.74. The number of aryl methyl sites for hydroxylation is 1. The Labute approximate surface area is 200 Å². The fraction of sp³-hybridized carbons (Fsp3) is 0.286. The van der Waals surface area contributed by atoms with E-state index in [0.29, 0.717) is 6.61 Å². The molecule has 1 fully saturated rings. The summed E-state index contributed by atoms with van der Waals surface area (Å²) in [5.41, 5.74) is 5.25. The molecule has 0 spiro atoms. The molecule has 0 amide bonds. The van der Waals surface area contributed by atoms with E-state index in [2.05, 4.69) is 76.0 Å². The zero-order chi connectivity index (χ0) is 22.6. The molecule has 3 aromatic carbocycles. The standard InChI is InChI=1S/C28H30ClN3O/c1-30-27-10-6-5-9-25(27)26(28(30)21-33-24-13-11-23(29)12-14-24)20-32-17-15-31(16-18-32)19-22-7-3-2-4-8-22/h2-14H,15-21H2,1H3. The lowest BCUT2D eigenvalue weighted by Crippen LogP contribution is -2.45. The van der Waals surface area contributed by atoms with Gasteiger partial charge < -0.3 is 9.30 Å². The fourth-order valence-corrected chi connectivity index (χ4v) is 4.86. The van der Waals surface area contributed by atoms with E-state index in [1.54, 1.807) is 0 Å². The Hall–Kier alpha value is -2.79. The van der Waals surface area contributed by atoms with Crippen LogP contribution in [0.4, 0.5) is 0 Å². The smallest absolute Gasteiger partial charge is 0.129 e. The van der Waals surface area contributed by atoms with Gasteiger partial charge in [0.15, 0.2) is 0 Å². The maximum Gasteiger partial charge on any atom is 0.129 e. The Morgan fingerprint density at radius 2 is 1.39 bits per heavy atom. The van der Waals surface area contributed by atoms with Crippen LogP contribution in [0.5, 0.6) is 5.75 Å². The molecule has 0 N–H and O–H groups in total. The van der Waals surface area contributed by atoms with Crippen LogP contribution < -0.4 is 4.74 Å². The average molecular weight is 460 g/mol. The first-order valence-corrected chi connectivity index (χ1v) is 12.0. The highest BCUT2D eigenvalue weighted by Gasteiger charge is 2.22. The molecule has 1 aliphatic rings. The monoisotopic (exact) mass is 459 g/mol. The largest absolute Gasteiger partial charge is 0.487 e. The minimum Gasteiger partial charge on any atom is -0.487 e. The van der Waals surface area contributed by atoms with Gasteiger partial charge in [-0.1, -0.05) is 60.1 Å². The normalized spacial score (nSPS) is 15.2. The molecule has 1 aliphatic heterocycles. The number of aromatic nitrogens is 1. The Bertz CT molecular complexity index is 1200. The SMILES string of the molecule is Cn1c(COc2ccc(Cl)cc2)c(CN2CCN(Cc3ccccc3)CC2)c2ccccc21. The molecular formula is C28H30ClN3O. The molecule has 2 heterocycles. The molecule has 0 aliphatic carbocycles. The Morgan fingerprint density at radius 1 is 0.758 bits per heavy atom. The topological polar surface area (TPSA) is 20.6 Å². The average Bonchev–Trinajstić information content (AvgIpc) is 3.11. The van der Waals surface area contributed by atoms with Crippen molar-refractivity contribution in [2.45, 2.75) is 19.7 Å². The van der Waals surface area contributed by atoms with Gasteiger partial charge in [-0.15, -0.1) is 0 Å². The van der Waals surface area contributed by atoms with E-state index in [1.165, 1.54) is 27.7 Å². The molecule has 0 bridgehead atoms. The van der Waals surface area contributed by atoms with Crippen LogP contribution in [0.1, 0.15) is 16.8 Å². The van der Waals surface area contributed by atoms with Crippen LogP contribution in [-0.2, 0) is 26.7 Å². The number of fused-ring (bicyclic) bond motifs is 1. The Morgan fingerprint density at radius 3 is 2.12 bits per heavy atom. The summed E-state index contributed by atoms with van der Waals surface area (Å²) in [6, 6.07) is 27.0. The van der Waals surface area contributed by atoms with Gasteiger partial charge >= 0.3 is 0 Å². The molecule has 33 heavy (non-hydrogen) atoms. The second-order valence-corrected chi connectivity index (χ2v) is 9.22. The number of ether oxygens (including phenoxy) is 1. The van der Waals surface area contributed by atoms with Gasteiger partial charge in [-0.25, -0.2) is 0 Å². The third-order valence-corrected chi connectivity index (χ3v) is 6.88. The van der Waals surface area contributed by atoms with Crippen LogP contribution in [0.3, 0.4) is 0 Å².